The average Bonchev–Trinajstić information content (AvgIpc) is 2.67. The second-order valence-electron chi connectivity index (χ2n) is 6.13. The Morgan fingerprint density at radius 2 is 1.52 bits per heavy atom. The van der Waals surface area contributed by atoms with Crippen LogP contribution in [0.2, 0.25) is 0 Å². The van der Waals surface area contributed by atoms with Crippen LogP contribution in [0.3, 0.4) is 0 Å². The zero-order valence-corrected chi connectivity index (χ0v) is 15.2. The Hall–Kier alpha value is -1.24. The fourth-order valence-electron chi connectivity index (χ4n) is 3.09. The molecule has 4 rings (SSSR count). The van der Waals surface area contributed by atoms with E-state index in [1.165, 1.54) is 0 Å². The number of benzene rings is 2. The molecule has 0 bridgehead atoms. The van der Waals surface area contributed by atoms with Gasteiger partial charge in [-0.2, -0.15) is 0 Å². The molecule has 6 atom stereocenters. The summed E-state index contributed by atoms with van der Waals surface area (Å²) in [6, 6.07) is 19.5. The van der Waals surface area contributed by atoms with Gasteiger partial charge in [-0.1, -0.05) is 0 Å². The van der Waals surface area contributed by atoms with Crippen LogP contribution in [0.1, 0.15) is 11.9 Å². The third-order valence-corrected chi connectivity index (χ3v) is 6.85. The summed E-state index contributed by atoms with van der Waals surface area (Å²) >= 11 is -0.108. The summed E-state index contributed by atoms with van der Waals surface area (Å²) in [7, 11) is 0. The molecular formula is C19H20O5Se. The summed E-state index contributed by atoms with van der Waals surface area (Å²) in [5.41, 5.74) is 0.887. The van der Waals surface area contributed by atoms with Crippen LogP contribution < -0.4 is 4.46 Å². The molecule has 0 aromatic heterocycles. The standard InChI is InChI=1S/C19H20O5Se/c20-15-16(21)19(25-13-9-5-2-6-10-13)23-14-11-22-18(24-17(14)15)12-7-3-1-4-8-12/h1-10,14-21H,11H2/t14-,15-,16+,17-,18?,19+/m1/s1. The van der Waals surface area contributed by atoms with Crippen molar-refractivity contribution in [2.75, 3.05) is 6.61 Å². The molecule has 25 heavy (non-hydrogen) atoms. The molecule has 2 aliphatic rings. The van der Waals surface area contributed by atoms with Crippen LogP contribution >= 0.6 is 0 Å². The number of hydrogen-bond donors (Lipinski definition) is 2. The van der Waals surface area contributed by atoms with Gasteiger partial charge in [0.2, 0.25) is 0 Å². The Kier molecular flexibility index (Phi) is 5.20. The van der Waals surface area contributed by atoms with Crippen molar-refractivity contribution in [3.8, 4) is 0 Å². The molecule has 6 heteroatoms. The van der Waals surface area contributed by atoms with Crippen LogP contribution in [0.4, 0.5) is 0 Å². The predicted octanol–water partition coefficient (Wildman–Crippen LogP) is 0.577. The minimum absolute atomic E-state index is 0.108. The van der Waals surface area contributed by atoms with E-state index in [4.69, 9.17) is 14.2 Å². The van der Waals surface area contributed by atoms with E-state index in [0.717, 1.165) is 10.0 Å². The van der Waals surface area contributed by atoms with Gasteiger partial charge >= 0.3 is 152 Å². The van der Waals surface area contributed by atoms with Gasteiger partial charge in [-0.3, -0.25) is 0 Å². The molecule has 1 unspecified atom stereocenters. The van der Waals surface area contributed by atoms with Crippen LogP contribution in [0, 0.1) is 0 Å². The quantitative estimate of drug-likeness (QED) is 0.729. The third kappa shape index (κ3) is 3.66. The van der Waals surface area contributed by atoms with Crippen molar-refractivity contribution < 1.29 is 24.4 Å². The van der Waals surface area contributed by atoms with Gasteiger partial charge in [0, 0.05) is 0 Å². The van der Waals surface area contributed by atoms with E-state index in [2.05, 4.69) is 0 Å². The topological polar surface area (TPSA) is 68.2 Å². The molecule has 0 saturated carbocycles. The molecule has 0 radical (unpaired) electrons. The summed E-state index contributed by atoms with van der Waals surface area (Å²) in [4.78, 5) is 0. The number of aliphatic hydroxyl groups is 2. The van der Waals surface area contributed by atoms with Crippen molar-refractivity contribution in [2.45, 2.75) is 35.7 Å². The number of rotatable bonds is 3. The average molecular weight is 407 g/mol. The first kappa shape index (κ1) is 17.2. The fraction of sp³-hybridized carbons (Fsp3) is 0.368. The van der Waals surface area contributed by atoms with Gasteiger partial charge in [0.25, 0.3) is 0 Å². The van der Waals surface area contributed by atoms with Crippen molar-refractivity contribution in [3.63, 3.8) is 0 Å². The van der Waals surface area contributed by atoms with Gasteiger partial charge in [-0.25, -0.2) is 0 Å². The zero-order chi connectivity index (χ0) is 17.2. The molecule has 2 saturated heterocycles. The van der Waals surface area contributed by atoms with Crippen LogP contribution in [-0.4, -0.2) is 61.2 Å². The first-order valence-electron chi connectivity index (χ1n) is 8.28. The minimum atomic E-state index is -0.996. The van der Waals surface area contributed by atoms with Crippen molar-refractivity contribution in [1.82, 2.24) is 0 Å². The van der Waals surface area contributed by atoms with E-state index in [0.29, 0.717) is 6.61 Å². The summed E-state index contributed by atoms with van der Waals surface area (Å²) in [5, 5.41) is 20.7. The Balaban J connectivity index is 1.46. The summed E-state index contributed by atoms with van der Waals surface area (Å²) < 4.78 is 18.8. The molecule has 2 aromatic rings. The molecule has 132 valence electrons. The van der Waals surface area contributed by atoms with Crippen molar-refractivity contribution in [1.29, 1.82) is 0 Å². The number of aliphatic hydroxyl groups excluding tert-OH is 2. The maximum atomic E-state index is 10.6. The Bertz CT molecular complexity index is 681. The Morgan fingerprint density at radius 1 is 0.840 bits per heavy atom. The van der Waals surface area contributed by atoms with Gasteiger partial charge in [-0.15, -0.1) is 0 Å². The first-order chi connectivity index (χ1) is 12.2. The van der Waals surface area contributed by atoms with Crippen molar-refractivity contribution in [3.05, 3.63) is 66.2 Å². The fourth-order valence-corrected chi connectivity index (χ4v) is 5.36. The SMILES string of the molecule is O[C@@H]1[C@H](O)[C@H]([Se]c2ccccc2)O[C@@H]2COC(c3ccccc3)O[C@@H]12. The van der Waals surface area contributed by atoms with E-state index in [-0.39, 0.29) is 21.1 Å². The molecule has 0 aliphatic carbocycles. The van der Waals surface area contributed by atoms with Gasteiger partial charge < -0.3 is 0 Å². The molecule has 2 N–H and O–H groups in total. The molecular weight excluding hydrogens is 387 g/mol. The normalized spacial score (nSPS) is 35.1. The van der Waals surface area contributed by atoms with E-state index in [9.17, 15) is 10.2 Å². The zero-order valence-electron chi connectivity index (χ0n) is 13.5. The molecule has 2 aromatic carbocycles. The first-order valence-corrected chi connectivity index (χ1v) is 10.1. The summed E-state index contributed by atoms with van der Waals surface area (Å²) in [5.74, 6) is 0. The van der Waals surface area contributed by atoms with Crippen LogP contribution in [0.15, 0.2) is 60.7 Å². The monoisotopic (exact) mass is 408 g/mol. The molecule has 0 amide bonds. The van der Waals surface area contributed by atoms with E-state index < -0.39 is 29.6 Å². The van der Waals surface area contributed by atoms with Gasteiger partial charge in [-0.05, 0) is 0 Å². The van der Waals surface area contributed by atoms with Crippen LogP contribution in [0.5, 0.6) is 0 Å². The van der Waals surface area contributed by atoms with Crippen molar-refractivity contribution >= 4 is 19.4 Å². The Morgan fingerprint density at radius 3 is 2.24 bits per heavy atom. The summed E-state index contributed by atoms with van der Waals surface area (Å²) in [6.07, 6.45) is -3.50. The molecule has 5 nitrogen and oxygen atoms in total. The predicted molar refractivity (Wildman–Crippen MR) is 92.5 cm³/mol. The summed E-state index contributed by atoms with van der Waals surface area (Å²) in [6.45, 7) is 0.329. The molecule has 2 heterocycles. The van der Waals surface area contributed by atoms with E-state index in [1.807, 2.05) is 60.7 Å². The third-order valence-electron chi connectivity index (χ3n) is 4.40. The second-order valence-corrected chi connectivity index (χ2v) is 8.59. The van der Waals surface area contributed by atoms with E-state index >= 15 is 0 Å². The Labute approximate surface area is 152 Å². The number of ether oxygens (including phenoxy) is 3. The van der Waals surface area contributed by atoms with Crippen LogP contribution in [0.25, 0.3) is 0 Å². The van der Waals surface area contributed by atoms with Crippen LogP contribution in [-0.2, 0) is 14.2 Å². The number of fused-ring (bicyclic) bond motifs is 1. The molecule has 2 aliphatic heterocycles. The molecule has 2 fully saturated rings. The second kappa shape index (κ2) is 7.56. The van der Waals surface area contributed by atoms with Gasteiger partial charge in [0.05, 0.1) is 0 Å². The molecule has 0 spiro atoms. The van der Waals surface area contributed by atoms with Gasteiger partial charge in [0.15, 0.2) is 0 Å². The maximum absolute atomic E-state index is 10.6. The van der Waals surface area contributed by atoms with Gasteiger partial charge in [0.1, 0.15) is 0 Å². The van der Waals surface area contributed by atoms with E-state index in [1.54, 1.807) is 0 Å². The van der Waals surface area contributed by atoms with Crippen molar-refractivity contribution in [2.24, 2.45) is 0 Å². The number of hydrogen-bond acceptors (Lipinski definition) is 5.